The number of halogens is 2. The summed E-state index contributed by atoms with van der Waals surface area (Å²) in [6.07, 6.45) is 5.89. The van der Waals surface area contributed by atoms with Gasteiger partial charge in [0.1, 0.15) is 0 Å². The summed E-state index contributed by atoms with van der Waals surface area (Å²) in [6, 6.07) is 4.57. The summed E-state index contributed by atoms with van der Waals surface area (Å²) in [6.45, 7) is 0.972. The first kappa shape index (κ1) is 20.0. The lowest BCUT2D eigenvalue weighted by Gasteiger charge is -2.17. The second-order valence-electron chi connectivity index (χ2n) is 5.75. The summed E-state index contributed by atoms with van der Waals surface area (Å²) in [7, 11) is 1.81. The van der Waals surface area contributed by atoms with E-state index in [1.807, 2.05) is 30.9 Å². The first-order valence-electron chi connectivity index (χ1n) is 7.77. The Kier molecular flexibility index (Phi) is 7.80. The van der Waals surface area contributed by atoms with E-state index in [1.165, 1.54) is 19.3 Å². The van der Waals surface area contributed by atoms with Gasteiger partial charge in [0.25, 0.3) is 0 Å². The fourth-order valence-electron chi connectivity index (χ4n) is 2.98. The molecular weight excluding hydrogens is 505 g/mol. The van der Waals surface area contributed by atoms with Gasteiger partial charge in [-0.2, -0.15) is 11.8 Å². The number of benzene rings is 1. The Morgan fingerprint density at radius 2 is 2.21 bits per heavy atom. The lowest BCUT2D eigenvalue weighted by Crippen LogP contribution is -2.42. The summed E-state index contributed by atoms with van der Waals surface area (Å²) in [4.78, 5) is 4.33. The first-order valence-corrected chi connectivity index (χ1v) is 9.85. The zero-order chi connectivity index (χ0) is 16.2. The zero-order valence-electron chi connectivity index (χ0n) is 13.8. The van der Waals surface area contributed by atoms with Crippen LogP contribution in [-0.2, 0) is 6.54 Å². The SMILES string of the molecule is CN=C(NCc1cc(Br)c2c(c1)OCO2)NC1CCC(SC)C1.I. The van der Waals surface area contributed by atoms with Gasteiger partial charge in [0, 0.05) is 24.9 Å². The lowest BCUT2D eigenvalue weighted by atomic mass is 10.2. The molecule has 2 N–H and O–H groups in total. The van der Waals surface area contributed by atoms with E-state index in [2.05, 4.69) is 37.8 Å². The van der Waals surface area contributed by atoms with E-state index < -0.39 is 0 Å². The van der Waals surface area contributed by atoms with E-state index in [1.54, 1.807) is 0 Å². The van der Waals surface area contributed by atoms with Gasteiger partial charge in [-0.15, -0.1) is 24.0 Å². The van der Waals surface area contributed by atoms with Gasteiger partial charge >= 0.3 is 0 Å². The third-order valence-corrected chi connectivity index (χ3v) is 5.91. The molecule has 0 bridgehead atoms. The van der Waals surface area contributed by atoms with Crippen LogP contribution in [0.15, 0.2) is 21.6 Å². The molecule has 1 fully saturated rings. The fourth-order valence-corrected chi connectivity index (χ4v) is 4.38. The Balaban J connectivity index is 0.00000208. The Labute approximate surface area is 172 Å². The quantitative estimate of drug-likeness (QED) is 0.355. The van der Waals surface area contributed by atoms with Crippen LogP contribution in [0.25, 0.3) is 0 Å². The van der Waals surface area contributed by atoms with Crippen molar-refractivity contribution in [3.05, 3.63) is 22.2 Å². The van der Waals surface area contributed by atoms with Crippen LogP contribution in [0.4, 0.5) is 0 Å². The highest BCUT2D eigenvalue weighted by Gasteiger charge is 2.24. The molecule has 0 radical (unpaired) electrons. The van der Waals surface area contributed by atoms with Crippen molar-refractivity contribution in [2.24, 2.45) is 4.99 Å². The van der Waals surface area contributed by atoms with Gasteiger partial charge in [-0.3, -0.25) is 4.99 Å². The third kappa shape index (κ3) is 4.85. The van der Waals surface area contributed by atoms with Gasteiger partial charge < -0.3 is 20.1 Å². The van der Waals surface area contributed by atoms with Crippen molar-refractivity contribution < 1.29 is 9.47 Å². The van der Waals surface area contributed by atoms with Crippen LogP contribution in [0, 0.1) is 0 Å². The van der Waals surface area contributed by atoms with Crippen LogP contribution < -0.4 is 20.1 Å². The number of ether oxygens (including phenoxy) is 2. The highest BCUT2D eigenvalue weighted by atomic mass is 127. The Morgan fingerprint density at radius 3 is 2.92 bits per heavy atom. The van der Waals surface area contributed by atoms with Crippen molar-refractivity contribution in [2.45, 2.75) is 37.1 Å². The third-order valence-electron chi connectivity index (χ3n) is 4.23. The number of hydrogen-bond donors (Lipinski definition) is 2. The van der Waals surface area contributed by atoms with E-state index in [0.717, 1.165) is 32.7 Å². The number of fused-ring (bicyclic) bond motifs is 1. The van der Waals surface area contributed by atoms with Gasteiger partial charge in [-0.05, 0) is 59.1 Å². The maximum atomic E-state index is 5.46. The normalized spacial score (nSPS) is 22.2. The number of nitrogens with zero attached hydrogens (tertiary/aromatic N) is 1. The molecule has 134 valence electrons. The van der Waals surface area contributed by atoms with E-state index in [9.17, 15) is 0 Å². The predicted octanol–water partition coefficient (Wildman–Crippen LogP) is 3.74. The van der Waals surface area contributed by atoms with Crippen molar-refractivity contribution in [3.63, 3.8) is 0 Å². The van der Waals surface area contributed by atoms with E-state index >= 15 is 0 Å². The summed E-state index contributed by atoms with van der Waals surface area (Å²) in [5.41, 5.74) is 1.12. The molecule has 8 heteroatoms. The van der Waals surface area contributed by atoms with Crippen LogP contribution in [0.3, 0.4) is 0 Å². The number of rotatable bonds is 4. The maximum Gasteiger partial charge on any atom is 0.231 e. The summed E-state index contributed by atoms with van der Waals surface area (Å²) in [5.74, 6) is 2.42. The van der Waals surface area contributed by atoms with E-state index in [4.69, 9.17) is 9.47 Å². The van der Waals surface area contributed by atoms with Gasteiger partial charge in [0.2, 0.25) is 6.79 Å². The minimum atomic E-state index is 0. The molecule has 0 amide bonds. The molecule has 0 aromatic heterocycles. The molecule has 2 aliphatic rings. The van der Waals surface area contributed by atoms with Crippen LogP contribution in [0.1, 0.15) is 24.8 Å². The largest absolute Gasteiger partial charge is 0.454 e. The molecule has 1 aromatic rings. The summed E-state index contributed by atoms with van der Waals surface area (Å²) >= 11 is 5.49. The molecule has 0 spiro atoms. The average molecular weight is 528 g/mol. The van der Waals surface area contributed by atoms with Crippen LogP contribution in [-0.4, -0.2) is 37.3 Å². The first-order chi connectivity index (χ1) is 11.2. The molecule has 1 saturated carbocycles. The maximum absolute atomic E-state index is 5.46. The van der Waals surface area contributed by atoms with Crippen molar-refractivity contribution in [3.8, 4) is 11.5 Å². The van der Waals surface area contributed by atoms with Gasteiger partial charge in [0.05, 0.1) is 4.47 Å². The van der Waals surface area contributed by atoms with Crippen LogP contribution >= 0.6 is 51.7 Å². The molecule has 1 aliphatic heterocycles. The van der Waals surface area contributed by atoms with Crippen molar-refractivity contribution in [1.29, 1.82) is 0 Å². The molecule has 2 atom stereocenters. The molecule has 5 nitrogen and oxygen atoms in total. The minimum absolute atomic E-state index is 0. The molecular formula is C16H23BrIN3O2S. The van der Waals surface area contributed by atoms with Gasteiger partial charge in [-0.1, -0.05) is 0 Å². The fraction of sp³-hybridized carbons (Fsp3) is 0.562. The Hall–Kier alpha value is -0.350. The Bertz CT molecular complexity index is 603. The molecule has 3 rings (SSSR count). The van der Waals surface area contributed by atoms with Crippen LogP contribution in [0.5, 0.6) is 11.5 Å². The molecule has 0 saturated heterocycles. The number of nitrogens with one attached hydrogen (secondary N) is 2. The number of hydrogen-bond acceptors (Lipinski definition) is 4. The van der Waals surface area contributed by atoms with Crippen molar-refractivity contribution >= 4 is 57.6 Å². The van der Waals surface area contributed by atoms with E-state index in [-0.39, 0.29) is 30.8 Å². The van der Waals surface area contributed by atoms with Crippen molar-refractivity contribution in [1.82, 2.24) is 10.6 Å². The van der Waals surface area contributed by atoms with Crippen molar-refractivity contribution in [2.75, 3.05) is 20.1 Å². The standard InChI is InChI=1S/C16H22BrN3O2S.HI/c1-18-16(20-11-3-4-12(7-11)23-2)19-8-10-5-13(17)15-14(6-10)21-9-22-15;/h5-6,11-12H,3-4,7-9H2,1-2H3,(H2,18,19,20);1H. The lowest BCUT2D eigenvalue weighted by molar-refractivity contribution is 0.173. The van der Waals surface area contributed by atoms with Gasteiger partial charge in [0.15, 0.2) is 17.5 Å². The summed E-state index contributed by atoms with van der Waals surface area (Å²) in [5, 5.41) is 7.68. The average Bonchev–Trinajstić information content (AvgIpc) is 3.20. The second-order valence-corrected chi connectivity index (χ2v) is 7.74. The molecule has 1 aromatic carbocycles. The predicted molar refractivity (Wildman–Crippen MR) is 114 cm³/mol. The number of thioether (sulfide) groups is 1. The topological polar surface area (TPSA) is 54.9 Å². The van der Waals surface area contributed by atoms with Crippen LogP contribution in [0.2, 0.25) is 0 Å². The van der Waals surface area contributed by atoms with Gasteiger partial charge in [-0.25, -0.2) is 0 Å². The zero-order valence-corrected chi connectivity index (χ0v) is 18.5. The molecule has 2 unspecified atom stereocenters. The number of guanidine groups is 1. The molecule has 1 aliphatic carbocycles. The van der Waals surface area contributed by atoms with E-state index in [0.29, 0.717) is 12.6 Å². The second kappa shape index (κ2) is 9.38. The highest BCUT2D eigenvalue weighted by molar-refractivity contribution is 14.0. The Morgan fingerprint density at radius 1 is 1.38 bits per heavy atom. The highest BCUT2D eigenvalue weighted by Crippen LogP contribution is 2.39. The monoisotopic (exact) mass is 527 g/mol. The smallest absolute Gasteiger partial charge is 0.231 e. The number of aliphatic imine (C=N–C) groups is 1. The molecule has 24 heavy (non-hydrogen) atoms. The molecule has 1 heterocycles. The summed E-state index contributed by atoms with van der Waals surface area (Å²) < 4.78 is 11.8. The minimum Gasteiger partial charge on any atom is -0.454 e.